The van der Waals surface area contributed by atoms with Gasteiger partial charge in [-0.25, -0.2) is 9.97 Å². The van der Waals surface area contributed by atoms with Gasteiger partial charge in [0.2, 0.25) is 5.95 Å². The molecule has 1 heterocycles. The van der Waals surface area contributed by atoms with Crippen molar-refractivity contribution in [2.24, 2.45) is 0 Å². The maximum absolute atomic E-state index is 12.6. The van der Waals surface area contributed by atoms with E-state index in [1.807, 2.05) is 18.2 Å². The Morgan fingerprint density at radius 3 is 2.69 bits per heavy atom. The molecular formula is C22H18ClN3O3. The van der Waals surface area contributed by atoms with Crippen molar-refractivity contribution in [2.45, 2.75) is 18.8 Å². The molecule has 7 heteroatoms. The third-order valence-electron chi connectivity index (χ3n) is 4.94. The van der Waals surface area contributed by atoms with Gasteiger partial charge in [-0.1, -0.05) is 23.7 Å². The van der Waals surface area contributed by atoms with Crippen LogP contribution in [-0.4, -0.2) is 28.8 Å². The van der Waals surface area contributed by atoms with E-state index in [4.69, 9.17) is 16.3 Å². The Morgan fingerprint density at radius 2 is 1.97 bits per heavy atom. The smallest absolute Gasteiger partial charge is 0.258 e. The lowest BCUT2D eigenvalue weighted by atomic mass is 9.82. The average Bonchev–Trinajstić information content (AvgIpc) is 2.73. The quantitative estimate of drug-likeness (QED) is 0.697. The Morgan fingerprint density at radius 1 is 1.17 bits per heavy atom. The van der Waals surface area contributed by atoms with E-state index in [-0.39, 0.29) is 23.6 Å². The first-order valence-corrected chi connectivity index (χ1v) is 9.51. The van der Waals surface area contributed by atoms with Crippen molar-refractivity contribution in [3.63, 3.8) is 0 Å². The van der Waals surface area contributed by atoms with Crippen LogP contribution in [0.15, 0.2) is 54.7 Å². The highest BCUT2D eigenvalue weighted by Gasteiger charge is 2.28. The highest BCUT2D eigenvalue weighted by Crippen LogP contribution is 2.33. The van der Waals surface area contributed by atoms with Gasteiger partial charge in [0, 0.05) is 23.2 Å². The summed E-state index contributed by atoms with van der Waals surface area (Å²) in [6.07, 6.45) is 2.45. The molecule has 0 saturated carbocycles. The van der Waals surface area contributed by atoms with Crippen LogP contribution in [0.1, 0.15) is 44.3 Å². The second kappa shape index (κ2) is 8.01. The molecule has 1 amide bonds. The summed E-state index contributed by atoms with van der Waals surface area (Å²) in [4.78, 5) is 33.6. The molecule has 0 unspecified atom stereocenters. The topological polar surface area (TPSA) is 81.2 Å². The first kappa shape index (κ1) is 19.1. The van der Waals surface area contributed by atoms with Crippen LogP contribution in [0, 0.1) is 0 Å². The molecule has 0 spiro atoms. The summed E-state index contributed by atoms with van der Waals surface area (Å²) in [6, 6.07) is 14.2. The number of aromatic nitrogens is 2. The number of nitrogens with one attached hydrogen (secondary N) is 1. The highest BCUT2D eigenvalue weighted by molar-refractivity contribution is 6.30. The van der Waals surface area contributed by atoms with Crippen LogP contribution in [0.4, 0.5) is 5.95 Å². The summed E-state index contributed by atoms with van der Waals surface area (Å²) in [5, 5.41) is 3.33. The van der Waals surface area contributed by atoms with E-state index in [9.17, 15) is 9.59 Å². The second-order valence-corrected chi connectivity index (χ2v) is 7.26. The molecule has 1 N–H and O–H groups in total. The van der Waals surface area contributed by atoms with Crippen molar-refractivity contribution in [1.82, 2.24) is 9.97 Å². The average molecular weight is 408 g/mol. The highest BCUT2D eigenvalue weighted by atomic mass is 35.5. The molecule has 0 aliphatic heterocycles. The molecule has 2 aromatic carbocycles. The number of carbonyl (C=O) groups excluding carboxylic acids is 2. The predicted molar refractivity (Wildman–Crippen MR) is 110 cm³/mol. The van der Waals surface area contributed by atoms with Gasteiger partial charge in [-0.15, -0.1) is 0 Å². The number of rotatable bonds is 4. The van der Waals surface area contributed by atoms with Crippen LogP contribution in [0.5, 0.6) is 5.75 Å². The van der Waals surface area contributed by atoms with Gasteiger partial charge in [-0.3, -0.25) is 14.9 Å². The number of nitrogens with zero attached hydrogens (tertiary/aromatic N) is 2. The maximum atomic E-state index is 12.6. The number of halogens is 1. The van der Waals surface area contributed by atoms with Crippen molar-refractivity contribution in [1.29, 1.82) is 0 Å². The third-order valence-corrected chi connectivity index (χ3v) is 5.17. The number of ketones is 1. The minimum absolute atomic E-state index is 0.00580. The predicted octanol–water partition coefficient (Wildman–Crippen LogP) is 4.30. The summed E-state index contributed by atoms with van der Waals surface area (Å²) in [5.41, 5.74) is 2.59. The molecule has 6 nitrogen and oxygen atoms in total. The molecular weight excluding hydrogens is 390 g/mol. The SMILES string of the molecule is COc1ccc(C(=O)Nc2ncc3c(n2)C[C@H](c2cccc(Cl)c2)CC3=O)cc1. The fourth-order valence-electron chi connectivity index (χ4n) is 3.42. The Bertz CT molecular complexity index is 1080. The molecule has 1 atom stereocenters. The van der Waals surface area contributed by atoms with Gasteiger partial charge < -0.3 is 4.74 Å². The maximum Gasteiger partial charge on any atom is 0.258 e. The molecule has 4 rings (SSSR count). The number of hydrogen-bond acceptors (Lipinski definition) is 5. The molecule has 1 aromatic heterocycles. The fourth-order valence-corrected chi connectivity index (χ4v) is 3.62. The molecule has 3 aromatic rings. The number of fused-ring (bicyclic) bond motifs is 1. The van der Waals surface area contributed by atoms with Crippen LogP contribution in [-0.2, 0) is 6.42 Å². The van der Waals surface area contributed by atoms with E-state index >= 15 is 0 Å². The molecule has 0 saturated heterocycles. The van der Waals surface area contributed by atoms with Crippen LogP contribution < -0.4 is 10.1 Å². The fraction of sp³-hybridized carbons (Fsp3) is 0.182. The number of amides is 1. The van der Waals surface area contributed by atoms with E-state index in [0.29, 0.717) is 40.4 Å². The molecule has 1 aliphatic rings. The summed E-state index contributed by atoms with van der Waals surface area (Å²) >= 11 is 6.09. The summed E-state index contributed by atoms with van der Waals surface area (Å²) in [7, 11) is 1.56. The monoisotopic (exact) mass is 407 g/mol. The van der Waals surface area contributed by atoms with Crippen molar-refractivity contribution in [2.75, 3.05) is 12.4 Å². The van der Waals surface area contributed by atoms with E-state index in [2.05, 4.69) is 15.3 Å². The summed E-state index contributed by atoms with van der Waals surface area (Å²) < 4.78 is 5.10. The largest absolute Gasteiger partial charge is 0.497 e. The van der Waals surface area contributed by atoms with Gasteiger partial charge in [0.25, 0.3) is 5.91 Å². The standard InChI is InChI=1S/C22H18ClN3O3/c1-29-17-7-5-13(6-8-17)21(28)26-22-24-12-18-19(25-22)10-15(11-20(18)27)14-3-2-4-16(23)9-14/h2-9,12,15H,10-11H2,1H3,(H,24,25,26,28)/t15-/m0/s1. The third kappa shape index (κ3) is 4.12. The lowest BCUT2D eigenvalue weighted by Gasteiger charge is -2.23. The molecule has 0 bridgehead atoms. The molecule has 29 heavy (non-hydrogen) atoms. The minimum Gasteiger partial charge on any atom is -0.497 e. The molecule has 1 aliphatic carbocycles. The molecule has 0 fully saturated rings. The number of anilines is 1. The summed E-state index contributed by atoms with van der Waals surface area (Å²) in [5.74, 6) is 0.486. The van der Waals surface area contributed by atoms with Crippen molar-refractivity contribution in [3.8, 4) is 5.75 Å². The van der Waals surface area contributed by atoms with Crippen LogP contribution in [0.3, 0.4) is 0 Å². The van der Waals surface area contributed by atoms with E-state index in [1.165, 1.54) is 6.20 Å². The Hall–Kier alpha value is -3.25. The van der Waals surface area contributed by atoms with Gasteiger partial charge >= 0.3 is 0 Å². The zero-order chi connectivity index (χ0) is 20.4. The zero-order valence-corrected chi connectivity index (χ0v) is 16.4. The summed E-state index contributed by atoms with van der Waals surface area (Å²) in [6.45, 7) is 0. The number of Topliss-reactive ketones (excluding diaryl/α,β-unsaturated/α-hetero) is 1. The van der Waals surface area contributed by atoms with E-state index in [1.54, 1.807) is 37.4 Å². The van der Waals surface area contributed by atoms with Crippen molar-refractivity contribution < 1.29 is 14.3 Å². The first-order valence-electron chi connectivity index (χ1n) is 9.13. The van der Waals surface area contributed by atoms with Crippen molar-refractivity contribution in [3.05, 3.63) is 82.1 Å². The number of benzene rings is 2. The zero-order valence-electron chi connectivity index (χ0n) is 15.7. The lowest BCUT2D eigenvalue weighted by molar-refractivity contribution is 0.0962. The Labute approximate surface area is 172 Å². The Kier molecular flexibility index (Phi) is 5.27. The number of methoxy groups -OCH3 is 1. The second-order valence-electron chi connectivity index (χ2n) is 6.82. The van der Waals surface area contributed by atoms with Gasteiger partial charge in [-0.05, 0) is 54.3 Å². The van der Waals surface area contributed by atoms with Gasteiger partial charge in [-0.2, -0.15) is 0 Å². The Balaban J connectivity index is 1.55. The number of hydrogen-bond donors (Lipinski definition) is 1. The van der Waals surface area contributed by atoms with Gasteiger partial charge in [0.1, 0.15) is 5.75 Å². The van der Waals surface area contributed by atoms with Crippen LogP contribution in [0.2, 0.25) is 5.02 Å². The normalized spacial score (nSPS) is 15.5. The van der Waals surface area contributed by atoms with Crippen LogP contribution in [0.25, 0.3) is 0 Å². The van der Waals surface area contributed by atoms with Crippen molar-refractivity contribution >= 4 is 29.2 Å². The number of carbonyl (C=O) groups is 2. The first-order chi connectivity index (χ1) is 14.0. The molecule has 146 valence electrons. The lowest BCUT2D eigenvalue weighted by Crippen LogP contribution is -2.22. The minimum atomic E-state index is -0.332. The molecule has 0 radical (unpaired) electrons. The van der Waals surface area contributed by atoms with Gasteiger partial charge in [0.05, 0.1) is 18.4 Å². The van der Waals surface area contributed by atoms with E-state index in [0.717, 1.165) is 5.56 Å². The number of ether oxygens (including phenoxy) is 1. The van der Waals surface area contributed by atoms with E-state index < -0.39 is 0 Å². The van der Waals surface area contributed by atoms with Gasteiger partial charge in [0.15, 0.2) is 5.78 Å². The van der Waals surface area contributed by atoms with Crippen LogP contribution >= 0.6 is 11.6 Å².